The van der Waals surface area contributed by atoms with Crippen LogP contribution >= 0.6 is 23.5 Å². The van der Waals surface area contributed by atoms with Crippen LogP contribution in [0.5, 0.6) is 0 Å². The van der Waals surface area contributed by atoms with Crippen LogP contribution in [0.25, 0.3) is 0 Å². The van der Waals surface area contributed by atoms with Crippen molar-refractivity contribution in [3.8, 4) is 0 Å². The van der Waals surface area contributed by atoms with Gasteiger partial charge in [-0.05, 0) is 72.2 Å². The third-order valence-electron chi connectivity index (χ3n) is 6.61. The zero-order valence-electron chi connectivity index (χ0n) is 19.6. The summed E-state index contributed by atoms with van der Waals surface area (Å²) < 4.78 is 5.53. The van der Waals surface area contributed by atoms with E-state index in [1.165, 1.54) is 9.79 Å². The second-order valence-corrected chi connectivity index (χ2v) is 10.3. The quantitative estimate of drug-likeness (QED) is 0.385. The number of likely N-dealkylation sites (tertiary alicyclic amines) is 1. The minimum atomic E-state index is -1.12. The molecule has 0 unspecified atom stereocenters. The lowest BCUT2D eigenvalue weighted by Crippen LogP contribution is -2.46. The van der Waals surface area contributed by atoms with Crippen LogP contribution in [0.3, 0.4) is 0 Å². The van der Waals surface area contributed by atoms with Crippen LogP contribution in [-0.2, 0) is 16.9 Å². The predicted octanol–water partition coefficient (Wildman–Crippen LogP) is 6.42. The second-order valence-electron chi connectivity index (χ2n) is 8.52. The Hall–Kier alpha value is -2.41. The molecule has 1 aliphatic heterocycles. The Morgan fingerprint density at radius 2 is 1.38 bits per heavy atom. The lowest BCUT2D eigenvalue weighted by molar-refractivity contribution is -0.0149. The van der Waals surface area contributed by atoms with E-state index in [0.717, 1.165) is 16.7 Å². The van der Waals surface area contributed by atoms with Gasteiger partial charge < -0.3 is 14.7 Å². The van der Waals surface area contributed by atoms with E-state index in [-0.39, 0.29) is 18.6 Å². The Kier molecular flexibility index (Phi) is 8.24. The monoisotopic (exact) mass is 493 g/mol. The van der Waals surface area contributed by atoms with Gasteiger partial charge in [0, 0.05) is 22.9 Å². The molecule has 1 fully saturated rings. The van der Waals surface area contributed by atoms with Crippen molar-refractivity contribution in [2.24, 2.45) is 5.92 Å². The molecule has 1 N–H and O–H groups in total. The number of rotatable bonds is 7. The highest BCUT2D eigenvalue weighted by molar-refractivity contribution is 7.98. The fourth-order valence-electron chi connectivity index (χ4n) is 4.62. The van der Waals surface area contributed by atoms with E-state index in [1.807, 2.05) is 54.6 Å². The zero-order valence-corrected chi connectivity index (χ0v) is 21.3. The number of nitrogens with zero attached hydrogens (tertiary/aromatic N) is 1. The molecular formula is C28H31NO3S2. The van der Waals surface area contributed by atoms with Crippen LogP contribution in [0.4, 0.5) is 4.79 Å². The fraction of sp³-hybridized carbons (Fsp3) is 0.321. The van der Waals surface area contributed by atoms with Gasteiger partial charge >= 0.3 is 6.09 Å². The van der Waals surface area contributed by atoms with Crippen molar-refractivity contribution in [3.63, 3.8) is 0 Å². The molecule has 4 nitrogen and oxygen atoms in total. The van der Waals surface area contributed by atoms with Crippen molar-refractivity contribution in [3.05, 3.63) is 95.6 Å². The van der Waals surface area contributed by atoms with Crippen molar-refractivity contribution in [1.82, 2.24) is 4.90 Å². The molecule has 0 aromatic heterocycles. The van der Waals surface area contributed by atoms with Gasteiger partial charge in [-0.15, -0.1) is 23.5 Å². The lowest BCUT2D eigenvalue weighted by Gasteiger charge is -2.42. The van der Waals surface area contributed by atoms with Gasteiger partial charge in [-0.3, -0.25) is 0 Å². The summed E-state index contributed by atoms with van der Waals surface area (Å²) in [6, 6.07) is 26.1. The van der Waals surface area contributed by atoms with Crippen molar-refractivity contribution < 1.29 is 14.6 Å². The highest BCUT2D eigenvalue weighted by Crippen LogP contribution is 2.43. The van der Waals surface area contributed by atoms with E-state index in [0.29, 0.717) is 25.9 Å². The van der Waals surface area contributed by atoms with Crippen LogP contribution in [-0.4, -0.2) is 41.7 Å². The summed E-state index contributed by atoms with van der Waals surface area (Å²) in [6.07, 6.45) is 5.21. The van der Waals surface area contributed by atoms with Crippen LogP contribution in [0, 0.1) is 5.92 Å². The molecule has 1 amide bonds. The zero-order chi connectivity index (χ0) is 24.0. The van der Waals surface area contributed by atoms with E-state index >= 15 is 0 Å². The molecule has 34 heavy (non-hydrogen) atoms. The predicted molar refractivity (Wildman–Crippen MR) is 140 cm³/mol. The van der Waals surface area contributed by atoms with Crippen LogP contribution in [0.1, 0.15) is 29.5 Å². The van der Waals surface area contributed by atoms with Gasteiger partial charge in [0.1, 0.15) is 12.2 Å². The number of carbonyl (C=O) groups is 1. The Morgan fingerprint density at radius 1 is 0.882 bits per heavy atom. The summed E-state index contributed by atoms with van der Waals surface area (Å²) in [5, 5.41) is 12.2. The SMILES string of the molecule is CSc1ccc(C(O)(c2ccc(SC)cc2)C2CCN(C(=O)OCc3ccccc3)CC2)cc1. The summed E-state index contributed by atoms with van der Waals surface area (Å²) >= 11 is 3.38. The van der Waals surface area contributed by atoms with Crippen LogP contribution < -0.4 is 0 Å². The fourth-order valence-corrected chi connectivity index (χ4v) is 5.44. The van der Waals surface area contributed by atoms with Gasteiger partial charge in [0.05, 0.1) is 0 Å². The first-order valence-electron chi connectivity index (χ1n) is 11.5. The summed E-state index contributed by atoms with van der Waals surface area (Å²) in [7, 11) is 0. The van der Waals surface area contributed by atoms with E-state index in [1.54, 1.807) is 28.4 Å². The molecule has 0 aliphatic carbocycles. The van der Waals surface area contributed by atoms with Gasteiger partial charge in [-0.25, -0.2) is 4.79 Å². The van der Waals surface area contributed by atoms with Crippen molar-refractivity contribution in [1.29, 1.82) is 0 Å². The summed E-state index contributed by atoms with van der Waals surface area (Å²) in [5.41, 5.74) is 1.65. The highest BCUT2D eigenvalue weighted by Gasteiger charge is 2.42. The molecule has 0 bridgehead atoms. The number of carbonyl (C=O) groups excluding carboxylic acids is 1. The molecule has 0 radical (unpaired) electrons. The standard InChI is InChI=1S/C28H31NO3S2/c1-33-25-12-8-22(9-13-25)28(31,23-10-14-26(34-2)15-11-23)24-16-18-29(19-17-24)27(30)32-20-21-6-4-3-5-7-21/h3-15,24,31H,16-20H2,1-2H3. The summed E-state index contributed by atoms with van der Waals surface area (Å²) in [6.45, 7) is 1.39. The normalized spacial score (nSPS) is 14.7. The van der Waals surface area contributed by atoms with Gasteiger partial charge in [0.25, 0.3) is 0 Å². The Balaban J connectivity index is 1.50. The number of piperidine rings is 1. The average Bonchev–Trinajstić information content (AvgIpc) is 2.92. The molecule has 0 spiro atoms. The molecule has 0 atom stereocenters. The summed E-state index contributed by atoms with van der Waals surface area (Å²) in [5.74, 6) is -0.00840. The number of amides is 1. The maximum Gasteiger partial charge on any atom is 0.410 e. The minimum Gasteiger partial charge on any atom is -0.445 e. The number of hydrogen-bond donors (Lipinski definition) is 1. The molecule has 1 aliphatic rings. The number of ether oxygens (including phenoxy) is 1. The molecule has 3 aromatic rings. The van der Waals surface area contributed by atoms with Gasteiger partial charge in [0.15, 0.2) is 0 Å². The van der Waals surface area contributed by atoms with E-state index in [4.69, 9.17) is 4.74 Å². The van der Waals surface area contributed by atoms with Crippen LogP contribution in [0.2, 0.25) is 0 Å². The Labute approximate surface area is 210 Å². The molecule has 6 heteroatoms. The molecule has 0 saturated carbocycles. The Bertz CT molecular complexity index is 1020. The number of aliphatic hydroxyl groups is 1. The average molecular weight is 494 g/mol. The highest BCUT2D eigenvalue weighted by atomic mass is 32.2. The molecule has 1 heterocycles. The maximum absolute atomic E-state index is 12.6. The second kappa shape index (κ2) is 11.3. The molecule has 3 aromatic carbocycles. The number of hydrogen-bond acceptors (Lipinski definition) is 5. The third kappa shape index (κ3) is 5.45. The van der Waals surface area contributed by atoms with Crippen molar-refractivity contribution in [2.45, 2.75) is 34.8 Å². The number of benzene rings is 3. The molecule has 1 saturated heterocycles. The van der Waals surface area contributed by atoms with Gasteiger partial charge in [-0.1, -0.05) is 54.6 Å². The third-order valence-corrected chi connectivity index (χ3v) is 8.10. The van der Waals surface area contributed by atoms with E-state index in [2.05, 4.69) is 36.8 Å². The Morgan fingerprint density at radius 3 is 1.85 bits per heavy atom. The summed E-state index contributed by atoms with van der Waals surface area (Å²) in [4.78, 5) is 16.7. The first-order valence-corrected chi connectivity index (χ1v) is 14.0. The molecule has 4 rings (SSSR count). The van der Waals surface area contributed by atoms with Crippen LogP contribution in [0.15, 0.2) is 88.7 Å². The minimum absolute atomic E-state index is 0.00840. The molecule has 178 valence electrons. The van der Waals surface area contributed by atoms with Gasteiger partial charge in [-0.2, -0.15) is 0 Å². The lowest BCUT2D eigenvalue weighted by atomic mass is 9.72. The first-order chi connectivity index (χ1) is 16.5. The maximum atomic E-state index is 12.6. The van der Waals surface area contributed by atoms with Crippen molar-refractivity contribution >= 4 is 29.6 Å². The first kappa shape index (κ1) is 24.7. The van der Waals surface area contributed by atoms with Crippen molar-refractivity contribution in [2.75, 3.05) is 25.6 Å². The number of thioether (sulfide) groups is 2. The van der Waals surface area contributed by atoms with Gasteiger partial charge in [0.2, 0.25) is 0 Å². The van der Waals surface area contributed by atoms with E-state index in [9.17, 15) is 9.90 Å². The molecular weight excluding hydrogens is 462 g/mol. The topological polar surface area (TPSA) is 49.8 Å². The largest absolute Gasteiger partial charge is 0.445 e. The van der Waals surface area contributed by atoms with E-state index < -0.39 is 5.60 Å². The smallest absolute Gasteiger partial charge is 0.410 e.